The van der Waals surface area contributed by atoms with Gasteiger partial charge in [0.2, 0.25) is 5.91 Å². The minimum absolute atomic E-state index is 0.106. The van der Waals surface area contributed by atoms with Crippen molar-refractivity contribution >= 4 is 5.91 Å². The zero-order valence-corrected chi connectivity index (χ0v) is 9.55. The highest BCUT2D eigenvalue weighted by Crippen LogP contribution is 2.30. The lowest BCUT2D eigenvalue weighted by Crippen LogP contribution is -2.53. The van der Waals surface area contributed by atoms with Gasteiger partial charge in [0.15, 0.2) is 0 Å². The Morgan fingerprint density at radius 2 is 2.07 bits per heavy atom. The molecule has 3 nitrogen and oxygen atoms in total. The summed E-state index contributed by atoms with van der Waals surface area (Å²) >= 11 is 0. The molecule has 0 aliphatic heterocycles. The van der Waals surface area contributed by atoms with Crippen LogP contribution in [0.3, 0.4) is 0 Å². The summed E-state index contributed by atoms with van der Waals surface area (Å²) in [5.74, 6) is 0.848. The highest BCUT2D eigenvalue weighted by atomic mass is 16.2. The summed E-state index contributed by atoms with van der Waals surface area (Å²) in [7, 11) is 0. The van der Waals surface area contributed by atoms with Crippen molar-refractivity contribution in [1.82, 2.24) is 4.90 Å². The Kier molecular flexibility index (Phi) is 3.53. The van der Waals surface area contributed by atoms with E-state index in [2.05, 4.69) is 0 Å². The van der Waals surface area contributed by atoms with Gasteiger partial charge in [0.25, 0.3) is 0 Å². The first-order chi connectivity index (χ1) is 6.51. The molecule has 2 N–H and O–H groups in total. The number of rotatable bonds is 5. The number of likely N-dealkylation sites (N-methyl/N-ethyl adjacent to an activating group) is 1. The molecule has 0 aromatic heterocycles. The maximum Gasteiger partial charge on any atom is 0.242 e. The Labute approximate surface area is 86.6 Å². The molecule has 1 saturated carbocycles. The highest BCUT2D eigenvalue weighted by molar-refractivity contribution is 5.85. The number of carbonyl (C=O) groups is 1. The van der Waals surface area contributed by atoms with Gasteiger partial charge in [-0.2, -0.15) is 0 Å². The molecule has 1 atom stereocenters. The maximum absolute atomic E-state index is 12.0. The third-order valence-electron chi connectivity index (χ3n) is 3.07. The number of carbonyl (C=O) groups excluding carboxylic acids is 1. The summed E-state index contributed by atoms with van der Waals surface area (Å²) in [6.45, 7) is 7.49. The SMILES string of the molecule is CCN(CC1CC1)C(=O)C(C)(N)CC. The number of nitrogens with two attached hydrogens (primary N) is 1. The van der Waals surface area contributed by atoms with E-state index in [4.69, 9.17) is 5.73 Å². The van der Waals surface area contributed by atoms with Crippen LogP contribution in [-0.4, -0.2) is 29.4 Å². The Morgan fingerprint density at radius 1 is 1.50 bits per heavy atom. The number of amides is 1. The van der Waals surface area contributed by atoms with Gasteiger partial charge in [-0.3, -0.25) is 4.79 Å². The molecule has 0 spiro atoms. The van der Waals surface area contributed by atoms with Crippen molar-refractivity contribution in [2.75, 3.05) is 13.1 Å². The van der Waals surface area contributed by atoms with Gasteiger partial charge in [-0.05, 0) is 39.0 Å². The normalized spacial score (nSPS) is 20.3. The average molecular weight is 198 g/mol. The molecular formula is C11H22N2O. The van der Waals surface area contributed by atoms with Crippen molar-refractivity contribution in [3.8, 4) is 0 Å². The summed E-state index contributed by atoms with van der Waals surface area (Å²) < 4.78 is 0. The van der Waals surface area contributed by atoms with Crippen LogP contribution in [0.25, 0.3) is 0 Å². The van der Waals surface area contributed by atoms with Crippen molar-refractivity contribution in [1.29, 1.82) is 0 Å². The molecule has 0 saturated heterocycles. The third kappa shape index (κ3) is 2.71. The van der Waals surface area contributed by atoms with E-state index >= 15 is 0 Å². The van der Waals surface area contributed by atoms with Gasteiger partial charge in [0, 0.05) is 13.1 Å². The molecule has 0 radical (unpaired) electrons. The predicted octanol–water partition coefficient (Wildman–Crippen LogP) is 1.37. The smallest absolute Gasteiger partial charge is 0.242 e. The summed E-state index contributed by atoms with van der Waals surface area (Å²) in [5.41, 5.74) is 5.27. The van der Waals surface area contributed by atoms with E-state index in [0.717, 1.165) is 19.0 Å². The lowest BCUT2D eigenvalue weighted by Gasteiger charge is -2.30. The predicted molar refractivity (Wildman–Crippen MR) is 57.9 cm³/mol. The van der Waals surface area contributed by atoms with Gasteiger partial charge in [-0.25, -0.2) is 0 Å². The second kappa shape index (κ2) is 4.30. The van der Waals surface area contributed by atoms with Crippen LogP contribution >= 0.6 is 0 Å². The van der Waals surface area contributed by atoms with E-state index in [1.54, 1.807) is 0 Å². The summed E-state index contributed by atoms with van der Waals surface area (Å²) in [5, 5.41) is 0. The standard InChI is InChI=1S/C11H22N2O/c1-4-11(3,12)10(14)13(5-2)8-9-6-7-9/h9H,4-8,12H2,1-3H3. The van der Waals surface area contributed by atoms with E-state index in [0.29, 0.717) is 6.42 Å². The fourth-order valence-corrected chi connectivity index (χ4v) is 1.48. The minimum atomic E-state index is -0.676. The zero-order chi connectivity index (χ0) is 10.8. The second-order valence-corrected chi connectivity index (χ2v) is 4.56. The molecule has 1 aliphatic rings. The monoisotopic (exact) mass is 198 g/mol. The molecule has 1 aliphatic carbocycles. The van der Waals surface area contributed by atoms with Crippen molar-refractivity contribution < 1.29 is 4.79 Å². The first-order valence-electron chi connectivity index (χ1n) is 5.59. The molecule has 1 amide bonds. The Bertz CT molecular complexity index is 209. The zero-order valence-electron chi connectivity index (χ0n) is 9.55. The van der Waals surface area contributed by atoms with Crippen molar-refractivity contribution in [3.05, 3.63) is 0 Å². The van der Waals surface area contributed by atoms with Gasteiger partial charge >= 0.3 is 0 Å². The largest absolute Gasteiger partial charge is 0.341 e. The summed E-state index contributed by atoms with van der Waals surface area (Å²) in [6.07, 6.45) is 3.25. The third-order valence-corrected chi connectivity index (χ3v) is 3.07. The topological polar surface area (TPSA) is 46.3 Å². The molecule has 0 heterocycles. The Morgan fingerprint density at radius 3 is 2.43 bits per heavy atom. The number of hydrogen-bond acceptors (Lipinski definition) is 2. The fraction of sp³-hybridized carbons (Fsp3) is 0.909. The second-order valence-electron chi connectivity index (χ2n) is 4.56. The lowest BCUT2D eigenvalue weighted by atomic mass is 9.98. The van der Waals surface area contributed by atoms with E-state index in [1.807, 2.05) is 25.7 Å². The van der Waals surface area contributed by atoms with Crippen LogP contribution in [0.2, 0.25) is 0 Å². The van der Waals surface area contributed by atoms with Crippen molar-refractivity contribution in [2.24, 2.45) is 11.7 Å². The highest BCUT2D eigenvalue weighted by Gasteiger charge is 2.33. The number of hydrogen-bond donors (Lipinski definition) is 1. The van der Waals surface area contributed by atoms with Gasteiger partial charge in [-0.15, -0.1) is 0 Å². The van der Waals surface area contributed by atoms with Crippen LogP contribution < -0.4 is 5.73 Å². The first-order valence-corrected chi connectivity index (χ1v) is 5.59. The van der Waals surface area contributed by atoms with E-state index in [9.17, 15) is 4.79 Å². The molecule has 0 aromatic carbocycles. The molecule has 82 valence electrons. The lowest BCUT2D eigenvalue weighted by molar-refractivity contribution is -0.136. The van der Waals surface area contributed by atoms with Crippen LogP contribution in [0.5, 0.6) is 0 Å². The van der Waals surface area contributed by atoms with E-state index in [1.165, 1.54) is 12.8 Å². The maximum atomic E-state index is 12.0. The van der Waals surface area contributed by atoms with Crippen molar-refractivity contribution in [3.63, 3.8) is 0 Å². The number of nitrogens with zero attached hydrogens (tertiary/aromatic N) is 1. The molecule has 14 heavy (non-hydrogen) atoms. The summed E-state index contributed by atoms with van der Waals surface area (Å²) in [6, 6.07) is 0. The fourth-order valence-electron chi connectivity index (χ4n) is 1.48. The van der Waals surface area contributed by atoms with Gasteiger partial charge < -0.3 is 10.6 Å². The Balaban J connectivity index is 2.53. The summed E-state index contributed by atoms with van der Waals surface area (Å²) in [4.78, 5) is 13.9. The molecule has 1 fully saturated rings. The molecular weight excluding hydrogens is 176 g/mol. The Hall–Kier alpha value is -0.570. The molecule has 1 rings (SSSR count). The van der Waals surface area contributed by atoms with Crippen LogP contribution in [-0.2, 0) is 4.79 Å². The van der Waals surface area contributed by atoms with Crippen LogP contribution in [0, 0.1) is 5.92 Å². The minimum Gasteiger partial charge on any atom is -0.341 e. The van der Waals surface area contributed by atoms with Crippen molar-refractivity contribution in [2.45, 2.75) is 45.6 Å². The van der Waals surface area contributed by atoms with Crippen LogP contribution in [0.15, 0.2) is 0 Å². The van der Waals surface area contributed by atoms with Gasteiger partial charge in [-0.1, -0.05) is 6.92 Å². The molecule has 3 heteroatoms. The molecule has 1 unspecified atom stereocenters. The first kappa shape index (κ1) is 11.5. The van der Waals surface area contributed by atoms with E-state index < -0.39 is 5.54 Å². The van der Waals surface area contributed by atoms with Gasteiger partial charge in [0.1, 0.15) is 0 Å². The van der Waals surface area contributed by atoms with Gasteiger partial charge in [0.05, 0.1) is 5.54 Å². The van der Waals surface area contributed by atoms with Crippen LogP contribution in [0.1, 0.15) is 40.0 Å². The van der Waals surface area contributed by atoms with Crippen LogP contribution in [0.4, 0.5) is 0 Å². The molecule has 0 aromatic rings. The quantitative estimate of drug-likeness (QED) is 0.725. The average Bonchev–Trinajstić information content (AvgIpc) is 2.96. The molecule has 0 bridgehead atoms. The van der Waals surface area contributed by atoms with E-state index in [-0.39, 0.29) is 5.91 Å².